The molecule has 2 atom stereocenters. The molecule has 5 nitrogen and oxygen atoms in total. The maximum absolute atomic E-state index is 11.8. The Kier molecular flexibility index (Phi) is 3.91. The van der Waals surface area contributed by atoms with Gasteiger partial charge in [0.15, 0.2) is 0 Å². The number of hydrogen-bond acceptors (Lipinski definition) is 3. The minimum absolute atomic E-state index is 0.00340. The molecule has 0 spiro atoms. The third kappa shape index (κ3) is 2.95. The molecule has 16 heavy (non-hydrogen) atoms. The van der Waals surface area contributed by atoms with Crippen molar-refractivity contribution in [1.82, 2.24) is 10.6 Å². The van der Waals surface area contributed by atoms with Gasteiger partial charge in [-0.1, -0.05) is 6.92 Å². The van der Waals surface area contributed by atoms with E-state index < -0.39 is 11.3 Å². The summed E-state index contributed by atoms with van der Waals surface area (Å²) in [4.78, 5) is 22.9. The topological polar surface area (TPSA) is 84.2 Å². The Morgan fingerprint density at radius 2 is 2.06 bits per heavy atom. The number of carbonyl (C=O) groups excluding carboxylic acids is 2. The van der Waals surface area contributed by atoms with Gasteiger partial charge in [0.2, 0.25) is 11.8 Å². The van der Waals surface area contributed by atoms with E-state index in [2.05, 4.69) is 10.6 Å². The predicted octanol–water partition coefficient (Wildman–Crippen LogP) is -0.530. The maximum atomic E-state index is 11.8. The van der Waals surface area contributed by atoms with Gasteiger partial charge in [0.25, 0.3) is 0 Å². The Bertz CT molecular complexity index is 289. The van der Waals surface area contributed by atoms with Gasteiger partial charge in [-0.05, 0) is 26.3 Å². The van der Waals surface area contributed by atoms with E-state index in [4.69, 9.17) is 5.73 Å². The Hall–Kier alpha value is -1.10. The van der Waals surface area contributed by atoms with E-state index in [0.29, 0.717) is 19.0 Å². The Morgan fingerprint density at radius 1 is 1.44 bits per heavy atom. The average Bonchev–Trinajstić information content (AvgIpc) is 2.61. The highest BCUT2D eigenvalue weighted by molar-refractivity contribution is 5.83. The van der Waals surface area contributed by atoms with Gasteiger partial charge < -0.3 is 16.4 Å². The summed E-state index contributed by atoms with van der Waals surface area (Å²) in [5.74, 6) is -0.0439. The van der Waals surface area contributed by atoms with Gasteiger partial charge in [0, 0.05) is 13.1 Å². The molecular formula is C11H21N3O2. The van der Waals surface area contributed by atoms with Crippen LogP contribution in [0.1, 0.15) is 20.8 Å². The van der Waals surface area contributed by atoms with Crippen LogP contribution in [0.3, 0.4) is 0 Å². The summed E-state index contributed by atoms with van der Waals surface area (Å²) in [6, 6.07) is 0. The summed E-state index contributed by atoms with van der Waals surface area (Å²) in [6.45, 7) is 7.38. The fourth-order valence-electron chi connectivity index (χ4n) is 1.69. The molecular weight excluding hydrogens is 206 g/mol. The molecule has 92 valence electrons. The third-order valence-electron chi connectivity index (χ3n) is 3.23. The second kappa shape index (κ2) is 4.82. The fraction of sp³-hybridized carbons (Fsp3) is 0.818. The number of primary amides is 1. The first-order valence-electron chi connectivity index (χ1n) is 5.63. The third-order valence-corrected chi connectivity index (χ3v) is 3.23. The van der Waals surface area contributed by atoms with Gasteiger partial charge in [0.05, 0.1) is 11.3 Å². The van der Waals surface area contributed by atoms with Crippen LogP contribution in [-0.4, -0.2) is 31.4 Å². The molecule has 1 aliphatic heterocycles. The molecule has 2 amide bonds. The minimum Gasteiger partial charge on any atom is -0.369 e. The number of hydrogen-bond donors (Lipinski definition) is 3. The molecule has 1 rings (SSSR count). The second-order valence-electron chi connectivity index (χ2n) is 5.21. The zero-order valence-corrected chi connectivity index (χ0v) is 10.2. The molecule has 0 aliphatic carbocycles. The van der Waals surface area contributed by atoms with Crippen molar-refractivity contribution in [2.45, 2.75) is 20.8 Å². The molecule has 0 unspecified atom stereocenters. The highest BCUT2D eigenvalue weighted by atomic mass is 16.2. The van der Waals surface area contributed by atoms with Gasteiger partial charge >= 0.3 is 0 Å². The van der Waals surface area contributed by atoms with E-state index in [-0.39, 0.29) is 11.8 Å². The highest BCUT2D eigenvalue weighted by Crippen LogP contribution is 2.17. The maximum Gasteiger partial charge on any atom is 0.224 e. The lowest BCUT2D eigenvalue weighted by Crippen LogP contribution is -2.45. The van der Waals surface area contributed by atoms with Gasteiger partial charge in [-0.25, -0.2) is 0 Å². The monoisotopic (exact) mass is 227 g/mol. The van der Waals surface area contributed by atoms with E-state index in [0.717, 1.165) is 6.54 Å². The molecule has 4 N–H and O–H groups in total. The molecule has 0 saturated carbocycles. The lowest BCUT2D eigenvalue weighted by atomic mass is 9.91. The molecule has 1 heterocycles. The first-order chi connectivity index (χ1) is 7.34. The zero-order valence-electron chi connectivity index (χ0n) is 10.2. The van der Waals surface area contributed by atoms with Crippen LogP contribution < -0.4 is 16.4 Å². The van der Waals surface area contributed by atoms with Gasteiger partial charge in [-0.3, -0.25) is 9.59 Å². The van der Waals surface area contributed by atoms with Crippen LogP contribution in [0, 0.1) is 17.3 Å². The molecule has 1 aliphatic rings. The van der Waals surface area contributed by atoms with Crippen molar-refractivity contribution in [3.63, 3.8) is 0 Å². The predicted molar refractivity (Wildman–Crippen MR) is 61.5 cm³/mol. The van der Waals surface area contributed by atoms with Crippen LogP contribution in [0.15, 0.2) is 0 Å². The van der Waals surface area contributed by atoms with Crippen molar-refractivity contribution < 1.29 is 9.59 Å². The standard InChI is InChI=1S/C11H21N3O2/c1-7-4-13-5-8(7)9(15)14-6-11(2,3)10(12)16/h7-8,13H,4-6H2,1-3H3,(H2,12,16)(H,14,15)/t7-,8-/m1/s1. The van der Waals surface area contributed by atoms with Crippen molar-refractivity contribution in [3.05, 3.63) is 0 Å². The molecule has 0 aromatic heterocycles. The van der Waals surface area contributed by atoms with Crippen molar-refractivity contribution in [3.8, 4) is 0 Å². The average molecular weight is 227 g/mol. The van der Waals surface area contributed by atoms with E-state index >= 15 is 0 Å². The minimum atomic E-state index is -0.690. The van der Waals surface area contributed by atoms with E-state index in [9.17, 15) is 9.59 Å². The van der Waals surface area contributed by atoms with Crippen molar-refractivity contribution in [1.29, 1.82) is 0 Å². The quantitative estimate of drug-likeness (QED) is 0.603. The summed E-state index contributed by atoms with van der Waals surface area (Å²) in [5.41, 5.74) is 4.55. The molecule has 0 aromatic rings. The smallest absolute Gasteiger partial charge is 0.224 e. The van der Waals surface area contributed by atoms with E-state index in [1.807, 2.05) is 6.92 Å². The van der Waals surface area contributed by atoms with Crippen LogP contribution in [0.25, 0.3) is 0 Å². The summed E-state index contributed by atoms with van der Waals surface area (Å²) >= 11 is 0. The molecule has 0 bridgehead atoms. The Balaban J connectivity index is 2.44. The lowest BCUT2D eigenvalue weighted by molar-refractivity contribution is -0.128. The Labute approximate surface area is 96.1 Å². The first-order valence-corrected chi connectivity index (χ1v) is 5.63. The number of carbonyl (C=O) groups is 2. The van der Waals surface area contributed by atoms with E-state index in [1.165, 1.54) is 0 Å². The largest absolute Gasteiger partial charge is 0.369 e. The van der Waals surface area contributed by atoms with Crippen LogP contribution >= 0.6 is 0 Å². The molecule has 5 heteroatoms. The first kappa shape index (κ1) is 13.0. The molecule has 1 fully saturated rings. The number of rotatable bonds is 4. The summed E-state index contributed by atoms with van der Waals surface area (Å²) in [6.07, 6.45) is 0. The van der Waals surface area contributed by atoms with Crippen LogP contribution in [0.2, 0.25) is 0 Å². The number of amides is 2. The highest BCUT2D eigenvalue weighted by Gasteiger charge is 2.31. The van der Waals surface area contributed by atoms with Gasteiger partial charge in [-0.2, -0.15) is 0 Å². The van der Waals surface area contributed by atoms with Crippen molar-refractivity contribution in [2.24, 2.45) is 23.0 Å². The SMILES string of the molecule is C[C@@H]1CNC[C@H]1C(=O)NCC(C)(C)C(N)=O. The van der Waals surface area contributed by atoms with Crippen LogP contribution in [0.5, 0.6) is 0 Å². The zero-order chi connectivity index (χ0) is 12.3. The number of nitrogens with two attached hydrogens (primary N) is 1. The summed E-state index contributed by atoms with van der Waals surface area (Å²) in [5, 5.41) is 5.97. The van der Waals surface area contributed by atoms with E-state index in [1.54, 1.807) is 13.8 Å². The van der Waals surface area contributed by atoms with Gasteiger partial charge in [0.1, 0.15) is 0 Å². The lowest BCUT2D eigenvalue weighted by Gasteiger charge is -2.22. The molecule has 0 radical (unpaired) electrons. The normalized spacial score (nSPS) is 25.4. The Morgan fingerprint density at radius 3 is 2.50 bits per heavy atom. The molecule has 1 saturated heterocycles. The summed E-state index contributed by atoms with van der Waals surface area (Å²) in [7, 11) is 0. The van der Waals surface area contributed by atoms with Crippen LogP contribution in [-0.2, 0) is 9.59 Å². The molecule has 0 aromatic carbocycles. The van der Waals surface area contributed by atoms with Gasteiger partial charge in [-0.15, -0.1) is 0 Å². The van der Waals surface area contributed by atoms with Crippen LogP contribution in [0.4, 0.5) is 0 Å². The number of nitrogens with one attached hydrogen (secondary N) is 2. The fourth-order valence-corrected chi connectivity index (χ4v) is 1.69. The van der Waals surface area contributed by atoms with Crippen molar-refractivity contribution in [2.75, 3.05) is 19.6 Å². The van der Waals surface area contributed by atoms with Crippen molar-refractivity contribution >= 4 is 11.8 Å². The summed E-state index contributed by atoms with van der Waals surface area (Å²) < 4.78 is 0. The second-order valence-corrected chi connectivity index (χ2v) is 5.21.